The van der Waals surface area contributed by atoms with E-state index < -0.39 is 5.82 Å². The van der Waals surface area contributed by atoms with Crippen molar-refractivity contribution in [3.8, 4) is 11.5 Å². The highest BCUT2D eigenvalue weighted by molar-refractivity contribution is 9.10. The molecule has 0 aliphatic rings. The first-order chi connectivity index (χ1) is 8.19. The maximum Gasteiger partial charge on any atom is 0.166 e. The van der Waals surface area contributed by atoms with E-state index in [9.17, 15) is 9.18 Å². The summed E-state index contributed by atoms with van der Waals surface area (Å²) >= 11 is 3.16. The molecule has 86 valence electrons. The summed E-state index contributed by atoms with van der Waals surface area (Å²) in [4.78, 5) is 10.6. The summed E-state index contributed by atoms with van der Waals surface area (Å²) in [6, 6.07) is 11.1. The lowest BCUT2D eigenvalue weighted by atomic mass is 10.2. The first-order valence-electron chi connectivity index (χ1n) is 4.87. The highest BCUT2D eigenvalue weighted by Gasteiger charge is 2.05. The molecular formula is C13H8BrFO2. The van der Waals surface area contributed by atoms with E-state index in [0.29, 0.717) is 22.1 Å². The molecule has 2 aromatic rings. The van der Waals surface area contributed by atoms with Gasteiger partial charge >= 0.3 is 0 Å². The zero-order chi connectivity index (χ0) is 12.3. The molecule has 0 heterocycles. The van der Waals surface area contributed by atoms with Gasteiger partial charge in [0.25, 0.3) is 0 Å². The SMILES string of the molecule is O=Cc1cccc(Oc2ccc(Br)cc2F)c1. The van der Waals surface area contributed by atoms with Gasteiger partial charge in [0.2, 0.25) is 0 Å². The van der Waals surface area contributed by atoms with Crippen LogP contribution in [0.5, 0.6) is 11.5 Å². The number of hydrogen-bond donors (Lipinski definition) is 0. The van der Waals surface area contributed by atoms with Crippen LogP contribution in [0.25, 0.3) is 0 Å². The Morgan fingerprint density at radius 2 is 2.00 bits per heavy atom. The molecule has 0 radical (unpaired) electrons. The van der Waals surface area contributed by atoms with Gasteiger partial charge in [-0.25, -0.2) is 4.39 Å². The molecule has 0 unspecified atom stereocenters. The fourth-order valence-electron chi connectivity index (χ4n) is 1.34. The quantitative estimate of drug-likeness (QED) is 0.793. The monoisotopic (exact) mass is 294 g/mol. The number of aldehydes is 1. The molecule has 0 spiro atoms. The van der Waals surface area contributed by atoms with Crippen LogP contribution < -0.4 is 4.74 Å². The van der Waals surface area contributed by atoms with E-state index in [1.807, 2.05) is 0 Å². The highest BCUT2D eigenvalue weighted by Crippen LogP contribution is 2.26. The minimum Gasteiger partial charge on any atom is -0.454 e. The summed E-state index contributed by atoms with van der Waals surface area (Å²) in [7, 11) is 0. The summed E-state index contributed by atoms with van der Waals surface area (Å²) in [5.74, 6) is 0.0861. The first kappa shape index (κ1) is 11.8. The molecule has 0 amide bonds. The zero-order valence-electron chi connectivity index (χ0n) is 8.69. The van der Waals surface area contributed by atoms with Gasteiger partial charge in [0, 0.05) is 10.0 Å². The Kier molecular flexibility index (Phi) is 3.54. The van der Waals surface area contributed by atoms with Crippen molar-refractivity contribution in [1.82, 2.24) is 0 Å². The Labute approximate surface area is 106 Å². The number of hydrogen-bond acceptors (Lipinski definition) is 2. The normalized spacial score (nSPS) is 10.0. The molecule has 0 aromatic heterocycles. The number of halogens is 2. The Balaban J connectivity index is 2.27. The number of carbonyl (C=O) groups is 1. The summed E-state index contributed by atoms with van der Waals surface area (Å²) in [5.41, 5.74) is 0.486. The van der Waals surface area contributed by atoms with Gasteiger partial charge in [0.15, 0.2) is 11.6 Å². The lowest BCUT2D eigenvalue weighted by Gasteiger charge is -2.07. The van der Waals surface area contributed by atoms with Gasteiger partial charge in [0.05, 0.1) is 0 Å². The van der Waals surface area contributed by atoms with Crippen molar-refractivity contribution in [1.29, 1.82) is 0 Å². The third kappa shape index (κ3) is 2.91. The van der Waals surface area contributed by atoms with Crippen LogP contribution in [0, 0.1) is 5.82 Å². The summed E-state index contributed by atoms with van der Waals surface area (Å²) in [6.07, 6.45) is 0.713. The predicted molar refractivity (Wildman–Crippen MR) is 66.0 cm³/mol. The molecule has 0 saturated carbocycles. The van der Waals surface area contributed by atoms with Gasteiger partial charge in [-0.05, 0) is 30.3 Å². The second kappa shape index (κ2) is 5.10. The molecule has 2 aromatic carbocycles. The standard InChI is InChI=1S/C13H8BrFO2/c14-10-4-5-13(12(15)7-10)17-11-3-1-2-9(6-11)8-16/h1-8H. The third-order valence-electron chi connectivity index (χ3n) is 2.12. The van der Waals surface area contributed by atoms with Gasteiger partial charge in [-0.2, -0.15) is 0 Å². The molecule has 0 atom stereocenters. The van der Waals surface area contributed by atoms with Crippen molar-refractivity contribution in [2.45, 2.75) is 0 Å². The summed E-state index contributed by atoms with van der Waals surface area (Å²) < 4.78 is 19.5. The molecule has 0 N–H and O–H groups in total. The molecule has 0 aliphatic carbocycles. The molecule has 2 nitrogen and oxygen atoms in total. The van der Waals surface area contributed by atoms with Crippen LogP contribution in [0.4, 0.5) is 4.39 Å². The van der Waals surface area contributed by atoms with Crippen LogP contribution >= 0.6 is 15.9 Å². The van der Waals surface area contributed by atoms with E-state index in [1.165, 1.54) is 12.1 Å². The van der Waals surface area contributed by atoms with Gasteiger partial charge < -0.3 is 4.74 Å². The van der Waals surface area contributed by atoms with Crippen molar-refractivity contribution < 1.29 is 13.9 Å². The molecule has 0 aliphatic heterocycles. The van der Waals surface area contributed by atoms with Crippen molar-refractivity contribution in [2.75, 3.05) is 0 Å². The van der Waals surface area contributed by atoms with Crippen LogP contribution in [0.15, 0.2) is 46.9 Å². The number of benzene rings is 2. The van der Waals surface area contributed by atoms with E-state index in [0.717, 1.165) is 0 Å². The second-order valence-corrected chi connectivity index (χ2v) is 4.28. The summed E-state index contributed by atoms with van der Waals surface area (Å²) in [5, 5.41) is 0. The van der Waals surface area contributed by atoms with Crippen molar-refractivity contribution in [3.05, 3.63) is 58.3 Å². The Morgan fingerprint density at radius 3 is 2.71 bits per heavy atom. The van der Waals surface area contributed by atoms with E-state index in [-0.39, 0.29) is 5.75 Å². The molecule has 0 saturated heterocycles. The fourth-order valence-corrected chi connectivity index (χ4v) is 1.67. The largest absolute Gasteiger partial charge is 0.454 e. The molecule has 4 heteroatoms. The highest BCUT2D eigenvalue weighted by atomic mass is 79.9. The predicted octanol–water partition coefficient (Wildman–Crippen LogP) is 4.19. The van der Waals surface area contributed by atoms with Gasteiger partial charge in [-0.15, -0.1) is 0 Å². The van der Waals surface area contributed by atoms with Gasteiger partial charge in [0.1, 0.15) is 12.0 Å². The molecule has 0 bridgehead atoms. The zero-order valence-corrected chi connectivity index (χ0v) is 10.3. The van der Waals surface area contributed by atoms with E-state index in [1.54, 1.807) is 30.3 Å². The Hall–Kier alpha value is -1.68. The molecular weight excluding hydrogens is 287 g/mol. The van der Waals surface area contributed by atoms with E-state index in [4.69, 9.17) is 4.74 Å². The molecule has 0 fully saturated rings. The topological polar surface area (TPSA) is 26.3 Å². The third-order valence-corrected chi connectivity index (χ3v) is 2.61. The summed E-state index contributed by atoms with van der Waals surface area (Å²) in [6.45, 7) is 0. The number of carbonyl (C=O) groups excluding carboxylic acids is 1. The van der Waals surface area contributed by atoms with Crippen molar-refractivity contribution in [3.63, 3.8) is 0 Å². The fraction of sp³-hybridized carbons (Fsp3) is 0. The smallest absolute Gasteiger partial charge is 0.166 e. The van der Waals surface area contributed by atoms with Crippen LogP contribution in [0.2, 0.25) is 0 Å². The Bertz CT molecular complexity index is 555. The van der Waals surface area contributed by atoms with Gasteiger partial charge in [-0.3, -0.25) is 4.79 Å². The maximum atomic E-state index is 13.5. The van der Waals surface area contributed by atoms with E-state index in [2.05, 4.69) is 15.9 Å². The minimum absolute atomic E-state index is 0.122. The average Bonchev–Trinajstić information content (AvgIpc) is 2.33. The Morgan fingerprint density at radius 1 is 1.18 bits per heavy atom. The second-order valence-electron chi connectivity index (χ2n) is 3.37. The van der Waals surface area contributed by atoms with Crippen LogP contribution in [-0.4, -0.2) is 6.29 Å². The lowest BCUT2D eigenvalue weighted by molar-refractivity contribution is 0.112. The van der Waals surface area contributed by atoms with Crippen molar-refractivity contribution in [2.24, 2.45) is 0 Å². The number of rotatable bonds is 3. The molecule has 17 heavy (non-hydrogen) atoms. The number of ether oxygens (including phenoxy) is 1. The van der Waals surface area contributed by atoms with Crippen LogP contribution in [-0.2, 0) is 0 Å². The van der Waals surface area contributed by atoms with E-state index >= 15 is 0 Å². The van der Waals surface area contributed by atoms with Crippen LogP contribution in [0.1, 0.15) is 10.4 Å². The van der Waals surface area contributed by atoms with Crippen molar-refractivity contribution >= 4 is 22.2 Å². The lowest BCUT2D eigenvalue weighted by Crippen LogP contribution is -1.89. The minimum atomic E-state index is -0.462. The average molecular weight is 295 g/mol. The maximum absolute atomic E-state index is 13.5. The van der Waals surface area contributed by atoms with Gasteiger partial charge in [-0.1, -0.05) is 28.1 Å². The van der Waals surface area contributed by atoms with Crippen LogP contribution in [0.3, 0.4) is 0 Å². The molecule has 2 rings (SSSR count). The first-order valence-corrected chi connectivity index (χ1v) is 5.66.